The van der Waals surface area contributed by atoms with Crippen molar-refractivity contribution in [3.63, 3.8) is 0 Å². The predicted molar refractivity (Wildman–Crippen MR) is 63.8 cm³/mol. The molecule has 0 N–H and O–H groups in total. The summed E-state index contributed by atoms with van der Waals surface area (Å²) in [6.07, 6.45) is 0. The van der Waals surface area contributed by atoms with Gasteiger partial charge in [0.2, 0.25) is 0 Å². The number of fused-ring (bicyclic) bond motifs is 1. The molecule has 0 unspecified atom stereocenters. The van der Waals surface area contributed by atoms with Gasteiger partial charge >= 0.3 is 0 Å². The Morgan fingerprint density at radius 2 is 1.78 bits per heavy atom. The highest BCUT2D eigenvalue weighted by molar-refractivity contribution is 6.07. The maximum atomic E-state index is 13.5. The minimum absolute atomic E-state index is 0.0379. The third-order valence-electron chi connectivity index (χ3n) is 2.61. The number of oxazole rings is 1. The average molecular weight is 241 g/mol. The minimum atomic E-state index is -0.579. The van der Waals surface area contributed by atoms with Gasteiger partial charge in [0.05, 0.1) is 5.56 Å². The van der Waals surface area contributed by atoms with Crippen LogP contribution in [0.25, 0.3) is 11.1 Å². The number of ketones is 1. The van der Waals surface area contributed by atoms with Gasteiger partial charge in [0.1, 0.15) is 11.3 Å². The molecule has 0 fully saturated rings. The number of aromatic nitrogens is 1. The molecule has 3 rings (SSSR count). The summed E-state index contributed by atoms with van der Waals surface area (Å²) in [6.45, 7) is 0. The summed E-state index contributed by atoms with van der Waals surface area (Å²) >= 11 is 0. The lowest BCUT2D eigenvalue weighted by atomic mass is 10.1. The molecule has 0 atom stereocenters. The van der Waals surface area contributed by atoms with Crippen LogP contribution in [0.15, 0.2) is 52.9 Å². The van der Waals surface area contributed by atoms with Crippen molar-refractivity contribution in [2.24, 2.45) is 0 Å². The predicted octanol–water partition coefficient (Wildman–Crippen LogP) is 3.20. The Bertz CT molecular complexity index is 700. The van der Waals surface area contributed by atoms with Crippen molar-refractivity contribution in [2.75, 3.05) is 0 Å². The number of carbonyl (C=O) groups excluding carboxylic acids is 1. The number of hydrogen-bond acceptors (Lipinski definition) is 3. The van der Waals surface area contributed by atoms with Gasteiger partial charge in [-0.25, -0.2) is 9.37 Å². The molecule has 0 saturated heterocycles. The lowest BCUT2D eigenvalue weighted by Crippen LogP contribution is -2.04. The molecule has 1 aromatic heterocycles. The third-order valence-corrected chi connectivity index (χ3v) is 2.61. The van der Waals surface area contributed by atoms with E-state index in [0.29, 0.717) is 11.1 Å². The van der Waals surface area contributed by atoms with E-state index >= 15 is 0 Å². The van der Waals surface area contributed by atoms with Gasteiger partial charge < -0.3 is 4.42 Å². The van der Waals surface area contributed by atoms with Gasteiger partial charge in [0.25, 0.3) is 11.7 Å². The lowest BCUT2D eigenvalue weighted by Gasteiger charge is -1.97. The zero-order valence-corrected chi connectivity index (χ0v) is 9.26. The van der Waals surface area contributed by atoms with Crippen LogP contribution < -0.4 is 0 Å². The highest BCUT2D eigenvalue weighted by Crippen LogP contribution is 2.18. The Morgan fingerprint density at radius 3 is 2.56 bits per heavy atom. The standard InChI is InChI=1S/C14H8FNO2/c15-10-6-2-1-5-9(10)13(17)14-16-11-7-3-4-8-12(11)18-14/h1-8H. The van der Waals surface area contributed by atoms with Crippen molar-refractivity contribution in [1.82, 2.24) is 4.98 Å². The fourth-order valence-electron chi connectivity index (χ4n) is 1.73. The lowest BCUT2D eigenvalue weighted by molar-refractivity contribution is 0.100. The van der Waals surface area contributed by atoms with Crippen LogP contribution in [0.2, 0.25) is 0 Å². The summed E-state index contributed by atoms with van der Waals surface area (Å²) in [5.74, 6) is -1.23. The number of para-hydroxylation sites is 2. The zero-order chi connectivity index (χ0) is 12.5. The van der Waals surface area contributed by atoms with E-state index in [1.54, 1.807) is 30.3 Å². The van der Waals surface area contributed by atoms with Crippen LogP contribution in [0, 0.1) is 5.82 Å². The Hall–Kier alpha value is -2.49. The van der Waals surface area contributed by atoms with Crippen LogP contribution in [0.3, 0.4) is 0 Å². The molecule has 3 nitrogen and oxygen atoms in total. The highest BCUT2D eigenvalue weighted by Gasteiger charge is 2.19. The molecular formula is C14H8FNO2. The number of halogens is 1. The van der Waals surface area contributed by atoms with Crippen molar-refractivity contribution in [3.8, 4) is 0 Å². The van der Waals surface area contributed by atoms with E-state index < -0.39 is 11.6 Å². The second-order valence-corrected chi connectivity index (χ2v) is 3.80. The molecule has 0 saturated carbocycles. The molecule has 2 aromatic carbocycles. The summed E-state index contributed by atoms with van der Waals surface area (Å²) < 4.78 is 18.8. The van der Waals surface area contributed by atoms with Gasteiger partial charge in [-0.2, -0.15) is 0 Å². The van der Waals surface area contributed by atoms with Crippen LogP contribution in [-0.2, 0) is 0 Å². The van der Waals surface area contributed by atoms with E-state index in [0.717, 1.165) is 0 Å². The number of benzene rings is 2. The molecule has 0 aliphatic carbocycles. The fourth-order valence-corrected chi connectivity index (χ4v) is 1.73. The smallest absolute Gasteiger partial charge is 0.269 e. The summed E-state index contributed by atoms with van der Waals surface area (Å²) in [7, 11) is 0. The van der Waals surface area contributed by atoms with Gasteiger partial charge in [-0.3, -0.25) is 4.79 Å². The molecule has 0 amide bonds. The van der Waals surface area contributed by atoms with Crippen molar-refractivity contribution in [1.29, 1.82) is 0 Å². The van der Waals surface area contributed by atoms with Crippen LogP contribution in [0.5, 0.6) is 0 Å². The Morgan fingerprint density at radius 1 is 1.06 bits per heavy atom. The van der Waals surface area contributed by atoms with Crippen LogP contribution >= 0.6 is 0 Å². The van der Waals surface area contributed by atoms with Gasteiger partial charge in [0, 0.05) is 0 Å². The summed E-state index contributed by atoms with van der Waals surface area (Å²) in [5, 5.41) is 0. The molecule has 4 heteroatoms. The number of carbonyl (C=O) groups is 1. The number of hydrogen-bond donors (Lipinski definition) is 0. The second-order valence-electron chi connectivity index (χ2n) is 3.80. The Balaban J connectivity index is 2.10. The fraction of sp³-hybridized carbons (Fsp3) is 0. The second kappa shape index (κ2) is 4.07. The summed E-state index contributed by atoms with van der Waals surface area (Å²) in [6, 6.07) is 12.8. The van der Waals surface area contributed by atoms with Crippen LogP contribution in [0.1, 0.15) is 16.2 Å². The molecule has 3 aromatic rings. The van der Waals surface area contributed by atoms with Gasteiger partial charge in [-0.1, -0.05) is 24.3 Å². The van der Waals surface area contributed by atoms with Crippen LogP contribution in [0.4, 0.5) is 4.39 Å². The molecule has 0 bridgehead atoms. The van der Waals surface area contributed by atoms with E-state index in [4.69, 9.17) is 4.42 Å². The monoisotopic (exact) mass is 241 g/mol. The van der Waals surface area contributed by atoms with Gasteiger partial charge in [-0.15, -0.1) is 0 Å². The van der Waals surface area contributed by atoms with Crippen LogP contribution in [-0.4, -0.2) is 10.8 Å². The quantitative estimate of drug-likeness (QED) is 0.647. The van der Waals surface area contributed by atoms with E-state index in [2.05, 4.69) is 4.98 Å². The first-order valence-electron chi connectivity index (χ1n) is 5.40. The van der Waals surface area contributed by atoms with E-state index in [9.17, 15) is 9.18 Å². The number of rotatable bonds is 2. The van der Waals surface area contributed by atoms with Crippen molar-refractivity contribution in [3.05, 3.63) is 65.8 Å². The van der Waals surface area contributed by atoms with E-state index in [1.165, 1.54) is 18.2 Å². The zero-order valence-electron chi connectivity index (χ0n) is 9.26. The van der Waals surface area contributed by atoms with Gasteiger partial charge in [0.15, 0.2) is 5.58 Å². The Kier molecular flexibility index (Phi) is 2.41. The van der Waals surface area contributed by atoms with E-state index in [1.807, 2.05) is 0 Å². The van der Waals surface area contributed by atoms with Crippen molar-refractivity contribution >= 4 is 16.9 Å². The van der Waals surface area contributed by atoms with E-state index in [-0.39, 0.29) is 11.5 Å². The molecular weight excluding hydrogens is 233 g/mol. The topological polar surface area (TPSA) is 43.1 Å². The average Bonchev–Trinajstić information content (AvgIpc) is 2.82. The summed E-state index contributed by atoms with van der Waals surface area (Å²) in [5.41, 5.74) is 1.05. The first-order chi connectivity index (χ1) is 8.75. The maximum absolute atomic E-state index is 13.5. The SMILES string of the molecule is O=C(c1nc2ccccc2o1)c1ccccc1F. The molecule has 0 radical (unpaired) electrons. The minimum Gasteiger partial charge on any atom is -0.433 e. The molecule has 0 spiro atoms. The summed E-state index contributed by atoms with van der Waals surface area (Å²) in [4.78, 5) is 16.1. The van der Waals surface area contributed by atoms with Crippen molar-refractivity contribution < 1.29 is 13.6 Å². The molecule has 0 aliphatic heterocycles. The maximum Gasteiger partial charge on any atom is 0.269 e. The Labute approximate surface area is 102 Å². The van der Waals surface area contributed by atoms with Gasteiger partial charge in [-0.05, 0) is 24.3 Å². The molecule has 88 valence electrons. The largest absolute Gasteiger partial charge is 0.433 e. The normalized spacial score (nSPS) is 10.7. The molecule has 1 heterocycles. The highest BCUT2D eigenvalue weighted by atomic mass is 19.1. The first kappa shape index (κ1) is 10.7. The molecule has 0 aliphatic rings. The number of nitrogens with zero attached hydrogens (tertiary/aromatic N) is 1. The first-order valence-corrected chi connectivity index (χ1v) is 5.40. The molecule has 18 heavy (non-hydrogen) atoms. The van der Waals surface area contributed by atoms with Crippen molar-refractivity contribution in [2.45, 2.75) is 0 Å². The third kappa shape index (κ3) is 1.68.